The molecule has 1 aliphatic carbocycles. The zero-order valence-corrected chi connectivity index (χ0v) is 11.0. The SMILES string of the molecule is CC(=O)CCC1CCC(OCC(F)(F)C(F)F)CC1. The van der Waals surface area contributed by atoms with Gasteiger partial charge in [0, 0.05) is 6.42 Å². The predicted octanol–water partition coefficient (Wildman–Crippen LogP) is 3.83. The van der Waals surface area contributed by atoms with Crippen molar-refractivity contribution in [2.24, 2.45) is 5.92 Å². The van der Waals surface area contributed by atoms with E-state index in [1.807, 2.05) is 0 Å². The molecule has 19 heavy (non-hydrogen) atoms. The minimum Gasteiger partial charge on any atom is -0.372 e. The molecule has 2 nitrogen and oxygen atoms in total. The molecule has 1 fully saturated rings. The third kappa shape index (κ3) is 5.89. The van der Waals surface area contributed by atoms with Crippen LogP contribution in [0.15, 0.2) is 0 Å². The van der Waals surface area contributed by atoms with Gasteiger partial charge in [-0.15, -0.1) is 0 Å². The fourth-order valence-corrected chi connectivity index (χ4v) is 2.29. The third-order valence-electron chi connectivity index (χ3n) is 3.53. The molecule has 0 aromatic heterocycles. The van der Waals surface area contributed by atoms with Gasteiger partial charge >= 0.3 is 12.3 Å². The van der Waals surface area contributed by atoms with Gasteiger partial charge in [-0.2, -0.15) is 8.78 Å². The second-order valence-electron chi connectivity index (χ2n) is 5.26. The first-order valence-corrected chi connectivity index (χ1v) is 6.58. The van der Waals surface area contributed by atoms with Crippen LogP contribution < -0.4 is 0 Å². The van der Waals surface area contributed by atoms with Crippen LogP contribution in [-0.4, -0.2) is 30.8 Å². The zero-order valence-electron chi connectivity index (χ0n) is 11.0. The number of carbonyl (C=O) groups is 1. The van der Waals surface area contributed by atoms with Gasteiger partial charge in [-0.25, -0.2) is 8.78 Å². The summed E-state index contributed by atoms with van der Waals surface area (Å²) in [6, 6.07) is 0. The molecule has 0 bridgehead atoms. The van der Waals surface area contributed by atoms with Gasteiger partial charge in [0.1, 0.15) is 12.4 Å². The number of Topliss-reactive ketones (excluding diaryl/α,β-unsaturated/α-hetero) is 1. The number of hydrogen-bond acceptors (Lipinski definition) is 2. The van der Waals surface area contributed by atoms with E-state index in [0.717, 1.165) is 19.3 Å². The molecule has 0 unspecified atom stereocenters. The number of halogens is 4. The molecular formula is C13H20F4O2. The average Bonchev–Trinajstić information content (AvgIpc) is 2.35. The number of rotatable bonds is 7. The standard InChI is InChI=1S/C13H20F4O2/c1-9(18)2-3-10-4-6-11(7-5-10)19-8-13(16,17)12(14)15/h10-12H,2-8H2,1H3. The largest absolute Gasteiger partial charge is 0.372 e. The second-order valence-corrected chi connectivity index (χ2v) is 5.26. The van der Waals surface area contributed by atoms with Crippen LogP contribution in [0.5, 0.6) is 0 Å². The van der Waals surface area contributed by atoms with E-state index in [4.69, 9.17) is 4.74 Å². The van der Waals surface area contributed by atoms with E-state index < -0.39 is 19.0 Å². The summed E-state index contributed by atoms with van der Waals surface area (Å²) >= 11 is 0. The average molecular weight is 284 g/mol. The molecule has 0 aromatic rings. The van der Waals surface area contributed by atoms with Crippen molar-refractivity contribution in [2.75, 3.05) is 6.61 Å². The van der Waals surface area contributed by atoms with E-state index in [-0.39, 0.29) is 11.9 Å². The van der Waals surface area contributed by atoms with Crippen molar-refractivity contribution in [3.05, 3.63) is 0 Å². The highest BCUT2D eigenvalue weighted by Gasteiger charge is 2.41. The zero-order chi connectivity index (χ0) is 14.5. The van der Waals surface area contributed by atoms with Crippen molar-refractivity contribution in [3.8, 4) is 0 Å². The lowest BCUT2D eigenvalue weighted by Gasteiger charge is -2.29. The summed E-state index contributed by atoms with van der Waals surface area (Å²) in [6.07, 6.45) is 0.118. The lowest BCUT2D eigenvalue weighted by Crippen LogP contribution is -2.35. The Labute approximate surface area is 110 Å². The van der Waals surface area contributed by atoms with Gasteiger partial charge in [0.2, 0.25) is 0 Å². The number of carbonyl (C=O) groups excluding carboxylic acids is 1. The van der Waals surface area contributed by atoms with Crippen LogP contribution in [-0.2, 0) is 9.53 Å². The Morgan fingerprint density at radius 2 is 1.84 bits per heavy atom. The highest BCUT2D eigenvalue weighted by atomic mass is 19.3. The fourth-order valence-electron chi connectivity index (χ4n) is 2.29. The molecule has 112 valence electrons. The van der Waals surface area contributed by atoms with Gasteiger partial charge in [0.25, 0.3) is 0 Å². The number of hydrogen-bond donors (Lipinski definition) is 0. The van der Waals surface area contributed by atoms with Gasteiger partial charge in [0.15, 0.2) is 0 Å². The van der Waals surface area contributed by atoms with Crippen LogP contribution in [0.1, 0.15) is 45.4 Å². The summed E-state index contributed by atoms with van der Waals surface area (Å²) in [5.74, 6) is -3.50. The number of ketones is 1. The normalized spacial score (nSPS) is 24.7. The second kappa shape index (κ2) is 7.22. The van der Waals surface area contributed by atoms with Crippen LogP contribution in [0, 0.1) is 5.92 Å². The summed E-state index contributed by atoms with van der Waals surface area (Å²) in [5, 5.41) is 0. The Morgan fingerprint density at radius 3 is 2.32 bits per heavy atom. The van der Waals surface area contributed by atoms with E-state index >= 15 is 0 Å². The van der Waals surface area contributed by atoms with E-state index in [0.29, 0.717) is 25.2 Å². The van der Waals surface area contributed by atoms with Gasteiger partial charge in [-0.05, 0) is 44.9 Å². The Balaban J connectivity index is 2.21. The Morgan fingerprint density at radius 1 is 1.26 bits per heavy atom. The Bertz CT molecular complexity index is 286. The minimum atomic E-state index is -4.06. The molecule has 0 atom stereocenters. The van der Waals surface area contributed by atoms with Gasteiger partial charge in [-0.1, -0.05) is 0 Å². The summed E-state index contributed by atoms with van der Waals surface area (Å²) < 4.78 is 54.1. The van der Waals surface area contributed by atoms with Crippen molar-refractivity contribution in [1.82, 2.24) is 0 Å². The third-order valence-corrected chi connectivity index (χ3v) is 3.53. The fraction of sp³-hybridized carbons (Fsp3) is 0.923. The monoisotopic (exact) mass is 284 g/mol. The molecule has 0 aliphatic heterocycles. The molecule has 0 amide bonds. The topological polar surface area (TPSA) is 26.3 Å². The number of ether oxygens (including phenoxy) is 1. The summed E-state index contributed by atoms with van der Waals surface area (Å²) in [6.45, 7) is 0.328. The molecule has 0 saturated heterocycles. The lowest BCUT2D eigenvalue weighted by atomic mass is 9.84. The highest BCUT2D eigenvalue weighted by Crippen LogP contribution is 2.31. The maximum atomic E-state index is 12.7. The maximum Gasteiger partial charge on any atom is 0.330 e. The van der Waals surface area contributed by atoms with E-state index in [1.54, 1.807) is 6.92 Å². The molecular weight excluding hydrogens is 264 g/mol. The number of alkyl halides is 4. The first-order valence-electron chi connectivity index (χ1n) is 6.58. The molecule has 0 spiro atoms. The van der Waals surface area contributed by atoms with Crippen molar-refractivity contribution < 1.29 is 27.1 Å². The smallest absolute Gasteiger partial charge is 0.330 e. The van der Waals surface area contributed by atoms with Crippen molar-refractivity contribution in [2.45, 2.75) is 63.9 Å². The van der Waals surface area contributed by atoms with E-state index in [9.17, 15) is 22.4 Å². The van der Waals surface area contributed by atoms with E-state index in [2.05, 4.69) is 0 Å². The van der Waals surface area contributed by atoms with Crippen LogP contribution in [0.4, 0.5) is 17.6 Å². The molecule has 0 aromatic carbocycles. The highest BCUT2D eigenvalue weighted by molar-refractivity contribution is 5.75. The van der Waals surface area contributed by atoms with Crippen molar-refractivity contribution in [3.63, 3.8) is 0 Å². The summed E-state index contributed by atoms with van der Waals surface area (Å²) in [5.41, 5.74) is 0. The molecule has 6 heteroatoms. The molecule has 1 aliphatic rings. The summed E-state index contributed by atoms with van der Waals surface area (Å²) in [4.78, 5) is 10.8. The van der Waals surface area contributed by atoms with Crippen molar-refractivity contribution in [1.29, 1.82) is 0 Å². The molecule has 1 rings (SSSR count). The first kappa shape index (κ1) is 16.4. The van der Waals surface area contributed by atoms with Crippen LogP contribution in [0.25, 0.3) is 0 Å². The van der Waals surface area contributed by atoms with Crippen LogP contribution in [0.2, 0.25) is 0 Å². The molecule has 0 N–H and O–H groups in total. The Kier molecular flexibility index (Phi) is 6.23. The molecule has 1 saturated carbocycles. The molecule has 0 heterocycles. The lowest BCUT2D eigenvalue weighted by molar-refractivity contribution is -0.179. The first-order chi connectivity index (χ1) is 8.81. The quantitative estimate of drug-likeness (QED) is 0.664. The minimum absolute atomic E-state index is 0.148. The predicted molar refractivity (Wildman–Crippen MR) is 62.6 cm³/mol. The van der Waals surface area contributed by atoms with Crippen molar-refractivity contribution >= 4 is 5.78 Å². The van der Waals surface area contributed by atoms with Gasteiger partial charge in [-0.3, -0.25) is 0 Å². The maximum absolute atomic E-state index is 12.7. The van der Waals surface area contributed by atoms with Crippen LogP contribution >= 0.6 is 0 Å². The van der Waals surface area contributed by atoms with Gasteiger partial charge in [0.05, 0.1) is 6.10 Å². The molecule has 0 radical (unpaired) electrons. The van der Waals surface area contributed by atoms with E-state index in [1.165, 1.54) is 0 Å². The van der Waals surface area contributed by atoms with Crippen LogP contribution in [0.3, 0.4) is 0 Å². The summed E-state index contributed by atoms with van der Waals surface area (Å²) in [7, 11) is 0. The van der Waals surface area contributed by atoms with Gasteiger partial charge < -0.3 is 9.53 Å². The Hall–Kier alpha value is -0.650.